The van der Waals surface area contributed by atoms with Crippen molar-refractivity contribution in [2.75, 3.05) is 11.1 Å². The molecule has 2 aromatic rings. The molecular formula is C16H14N3O. The molecule has 5 radical (unpaired) electrons. The van der Waals surface area contributed by atoms with E-state index in [1.54, 1.807) is 0 Å². The Bertz CT molecular complexity index is 627. The number of fused-ring (bicyclic) bond motifs is 1. The van der Waals surface area contributed by atoms with E-state index in [1.807, 2.05) is 62.1 Å². The summed E-state index contributed by atoms with van der Waals surface area (Å²) in [5, 5.41) is 7.45. The number of hydrogen-bond donors (Lipinski definition) is 3. The molecule has 4 N–H and O–H groups in total. The van der Waals surface area contributed by atoms with Crippen molar-refractivity contribution < 1.29 is 4.79 Å². The maximum Gasteiger partial charge on any atom is 0.319 e. The van der Waals surface area contributed by atoms with Crippen molar-refractivity contribution in [1.29, 1.82) is 0 Å². The normalized spacial score (nSPS) is 15.4. The van der Waals surface area contributed by atoms with Gasteiger partial charge in [0.15, 0.2) is 0 Å². The summed E-state index contributed by atoms with van der Waals surface area (Å²) in [5.74, 6) is 0. The maximum atomic E-state index is 12.0. The average molecular weight is 264 g/mol. The van der Waals surface area contributed by atoms with Gasteiger partial charge in [0.05, 0.1) is 11.7 Å². The second-order valence-electron chi connectivity index (χ2n) is 4.50. The number of urea groups is 1. The molecule has 3 rings (SSSR count). The minimum atomic E-state index is -0.285. The van der Waals surface area contributed by atoms with Crippen LogP contribution in [0.15, 0.2) is 36.4 Å². The fourth-order valence-corrected chi connectivity index (χ4v) is 2.22. The smallest absolute Gasteiger partial charge is 0.319 e. The van der Waals surface area contributed by atoms with Gasteiger partial charge in [0.2, 0.25) is 0 Å². The van der Waals surface area contributed by atoms with Gasteiger partial charge >= 0.3 is 6.03 Å². The summed E-state index contributed by atoms with van der Waals surface area (Å²) in [6.45, 7) is 0. The molecule has 0 unspecified atom stereocenters. The summed E-state index contributed by atoms with van der Waals surface area (Å²) in [5.41, 5.74) is 7.34. The molecule has 0 saturated heterocycles. The van der Waals surface area contributed by atoms with Crippen LogP contribution in [0.2, 0.25) is 0 Å². The van der Waals surface area contributed by atoms with Gasteiger partial charge in [-0.2, -0.15) is 0 Å². The lowest BCUT2D eigenvalue weighted by Crippen LogP contribution is -2.31. The first-order valence-corrected chi connectivity index (χ1v) is 6.31. The summed E-state index contributed by atoms with van der Waals surface area (Å²) in [6.07, 6.45) is 7.39. The van der Waals surface area contributed by atoms with E-state index in [9.17, 15) is 4.79 Å². The number of anilines is 2. The van der Waals surface area contributed by atoms with Gasteiger partial charge in [-0.15, -0.1) is 0 Å². The molecule has 0 atom stereocenters. The van der Waals surface area contributed by atoms with Crippen LogP contribution in [-0.2, 0) is 0 Å². The third-order valence-corrected chi connectivity index (χ3v) is 3.11. The highest BCUT2D eigenvalue weighted by Gasteiger charge is 2.19. The molecule has 1 fully saturated rings. The first-order valence-electron chi connectivity index (χ1n) is 6.31. The van der Waals surface area contributed by atoms with Gasteiger partial charge in [0.1, 0.15) is 0 Å². The van der Waals surface area contributed by atoms with Crippen molar-refractivity contribution in [3.8, 4) is 0 Å². The Hall–Kier alpha value is -2.23. The van der Waals surface area contributed by atoms with Crippen LogP contribution in [0.5, 0.6) is 0 Å². The molecule has 0 heterocycles. The first kappa shape index (κ1) is 12.8. The number of carbonyl (C=O) groups excluding carboxylic acids is 1. The summed E-state index contributed by atoms with van der Waals surface area (Å²) < 4.78 is 0. The van der Waals surface area contributed by atoms with E-state index in [-0.39, 0.29) is 6.03 Å². The molecule has 2 amide bonds. The van der Waals surface area contributed by atoms with Gasteiger partial charge in [-0.1, -0.05) is 24.3 Å². The summed E-state index contributed by atoms with van der Waals surface area (Å²) >= 11 is 0. The molecule has 4 nitrogen and oxygen atoms in total. The van der Waals surface area contributed by atoms with E-state index in [0.29, 0.717) is 11.4 Å². The largest absolute Gasteiger partial charge is 0.398 e. The fraction of sp³-hybridized carbons (Fsp3) is 0. The fourth-order valence-electron chi connectivity index (χ4n) is 2.22. The number of nitrogens with two attached hydrogens (primary N) is 1. The van der Waals surface area contributed by atoms with E-state index in [2.05, 4.69) is 10.6 Å². The monoisotopic (exact) mass is 264 g/mol. The Morgan fingerprint density at radius 3 is 2.40 bits per heavy atom. The Morgan fingerprint density at radius 1 is 0.950 bits per heavy atom. The topological polar surface area (TPSA) is 67.1 Å². The second-order valence-corrected chi connectivity index (χ2v) is 4.50. The molecule has 0 bridgehead atoms. The second kappa shape index (κ2) is 5.41. The predicted octanol–water partition coefficient (Wildman–Crippen LogP) is 2.91. The van der Waals surface area contributed by atoms with Crippen LogP contribution in [0.1, 0.15) is 0 Å². The predicted molar refractivity (Wildman–Crippen MR) is 81.0 cm³/mol. The Morgan fingerprint density at radius 2 is 1.65 bits per heavy atom. The third kappa shape index (κ3) is 2.54. The maximum absolute atomic E-state index is 12.0. The lowest BCUT2D eigenvalue weighted by Gasteiger charge is -2.14. The Labute approximate surface area is 118 Å². The molecular weight excluding hydrogens is 250 g/mol. The molecule has 4 heteroatoms. The standard InChI is InChI=1S/C16H14N3O/c17-13-9-3-5-11-6-4-10-14(15(11)13)19-16(20)18-12-7-1-2-8-12/h1-10H,17H2,(H2,18,19,20). The minimum Gasteiger partial charge on any atom is -0.398 e. The van der Waals surface area contributed by atoms with E-state index in [0.717, 1.165) is 16.8 Å². The van der Waals surface area contributed by atoms with Crippen molar-refractivity contribution in [3.63, 3.8) is 0 Å². The highest BCUT2D eigenvalue weighted by molar-refractivity contribution is 6.07. The van der Waals surface area contributed by atoms with Crippen LogP contribution in [0, 0.1) is 31.7 Å². The summed E-state index contributed by atoms with van der Waals surface area (Å²) in [6, 6.07) is 11.8. The van der Waals surface area contributed by atoms with Crippen molar-refractivity contribution in [2.45, 2.75) is 0 Å². The van der Waals surface area contributed by atoms with Crippen molar-refractivity contribution in [1.82, 2.24) is 5.32 Å². The molecule has 2 aromatic carbocycles. The highest BCUT2D eigenvalue weighted by Crippen LogP contribution is 2.29. The molecule has 0 aromatic heterocycles. The molecule has 1 saturated carbocycles. The molecule has 1 aliphatic rings. The molecule has 20 heavy (non-hydrogen) atoms. The Kier molecular flexibility index (Phi) is 3.46. The number of benzene rings is 2. The number of hydrogen-bond acceptors (Lipinski definition) is 2. The van der Waals surface area contributed by atoms with Crippen LogP contribution >= 0.6 is 0 Å². The van der Waals surface area contributed by atoms with Crippen LogP contribution in [-0.4, -0.2) is 6.03 Å². The minimum absolute atomic E-state index is 0.285. The zero-order valence-corrected chi connectivity index (χ0v) is 10.8. The summed E-state index contributed by atoms with van der Waals surface area (Å²) in [7, 11) is 0. The summed E-state index contributed by atoms with van der Waals surface area (Å²) in [4.78, 5) is 12.0. The SMILES string of the molecule is Nc1cccc2cccc(NC(=O)N[C]3[CH][CH][CH][CH]3)c12. The van der Waals surface area contributed by atoms with Gasteiger partial charge in [-0.05, 0) is 43.2 Å². The van der Waals surface area contributed by atoms with E-state index in [4.69, 9.17) is 5.73 Å². The molecule has 99 valence electrons. The van der Waals surface area contributed by atoms with Crippen molar-refractivity contribution >= 4 is 28.2 Å². The number of rotatable bonds is 2. The van der Waals surface area contributed by atoms with Gasteiger partial charge in [-0.3, -0.25) is 0 Å². The first-order chi connectivity index (χ1) is 9.74. The lowest BCUT2D eigenvalue weighted by molar-refractivity contribution is 0.253. The zero-order valence-electron chi connectivity index (χ0n) is 10.8. The van der Waals surface area contributed by atoms with Crippen molar-refractivity contribution in [3.05, 3.63) is 68.1 Å². The van der Waals surface area contributed by atoms with Gasteiger partial charge < -0.3 is 16.4 Å². The van der Waals surface area contributed by atoms with E-state index < -0.39 is 0 Å². The van der Waals surface area contributed by atoms with Crippen molar-refractivity contribution in [2.24, 2.45) is 0 Å². The van der Waals surface area contributed by atoms with Crippen LogP contribution < -0.4 is 16.4 Å². The zero-order chi connectivity index (χ0) is 13.9. The van der Waals surface area contributed by atoms with Gasteiger partial charge in [0, 0.05) is 11.1 Å². The third-order valence-electron chi connectivity index (χ3n) is 3.11. The highest BCUT2D eigenvalue weighted by atomic mass is 16.2. The quantitative estimate of drug-likeness (QED) is 0.730. The van der Waals surface area contributed by atoms with E-state index in [1.165, 1.54) is 0 Å². The molecule has 0 spiro atoms. The number of amides is 2. The molecule has 0 aliphatic heterocycles. The van der Waals surface area contributed by atoms with Gasteiger partial charge in [-0.25, -0.2) is 4.79 Å². The molecule has 1 aliphatic carbocycles. The number of nitrogens with one attached hydrogen (secondary N) is 2. The van der Waals surface area contributed by atoms with Crippen LogP contribution in [0.4, 0.5) is 16.2 Å². The number of carbonyl (C=O) groups is 1. The number of nitrogen functional groups attached to an aromatic ring is 1. The Balaban J connectivity index is 1.81. The van der Waals surface area contributed by atoms with Gasteiger partial charge in [0.25, 0.3) is 0 Å². The van der Waals surface area contributed by atoms with Crippen LogP contribution in [0.25, 0.3) is 10.8 Å². The van der Waals surface area contributed by atoms with Crippen LogP contribution in [0.3, 0.4) is 0 Å². The van der Waals surface area contributed by atoms with E-state index >= 15 is 0 Å². The average Bonchev–Trinajstić information content (AvgIpc) is 2.92. The lowest BCUT2D eigenvalue weighted by atomic mass is 10.1.